The number of ether oxygens (including phenoxy) is 1. The maximum Gasteiger partial charge on any atom is 0.416 e. The van der Waals surface area contributed by atoms with E-state index >= 15 is 0 Å². The lowest BCUT2D eigenvalue weighted by Gasteiger charge is -2.40. The molecule has 0 atom stereocenters. The van der Waals surface area contributed by atoms with Crippen molar-refractivity contribution < 1.29 is 22.7 Å². The van der Waals surface area contributed by atoms with Crippen LogP contribution in [-0.4, -0.2) is 19.6 Å². The second-order valence-corrected chi connectivity index (χ2v) is 5.95. The highest BCUT2D eigenvalue weighted by atomic mass is 35.5. The number of nitrogens with two attached hydrogens (primary N) is 1. The van der Waals surface area contributed by atoms with E-state index in [-0.39, 0.29) is 30.5 Å². The number of hydrogen-bond acceptors (Lipinski definition) is 3. The molecule has 1 saturated carbocycles. The number of nitrogens with one attached hydrogen (secondary N) is 1. The number of methoxy groups -OCH3 is 1. The zero-order valence-corrected chi connectivity index (χ0v) is 14.2. The maximum atomic E-state index is 12.9. The Balaban J connectivity index is 0.00000288. The highest BCUT2D eigenvalue weighted by Crippen LogP contribution is 2.45. The number of halogens is 4. The SMILES string of the molecule is COCCC1(C(=O)Nc2cc(CN)cc(C(F)(F)F)c2)CCC1.Cl. The molecule has 1 aromatic carbocycles. The molecule has 0 saturated heterocycles. The number of carbonyl (C=O) groups is 1. The van der Waals surface area contributed by atoms with Crippen molar-refractivity contribution >= 4 is 24.0 Å². The summed E-state index contributed by atoms with van der Waals surface area (Å²) in [4.78, 5) is 12.5. The van der Waals surface area contributed by atoms with E-state index in [1.807, 2.05) is 0 Å². The lowest BCUT2D eigenvalue weighted by molar-refractivity contribution is -0.137. The minimum atomic E-state index is -4.48. The summed E-state index contributed by atoms with van der Waals surface area (Å²) >= 11 is 0. The van der Waals surface area contributed by atoms with Gasteiger partial charge in [0.25, 0.3) is 0 Å². The zero-order valence-electron chi connectivity index (χ0n) is 13.4. The lowest BCUT2D eigenvalue weighted by atomic mass is 9.66. The first kappa shape index (κ1) is 20.7. The quantitative estimate of drug-likeness (QED) is 0.806. The van der Waals surface area contributed by atoms with Crippen molar-refractivity contribution in [2.24, 2.45) is 11.1 Å². The molecule has 0 spiro atoms. The molecule has 136 valence electrons. The van der Waals surface area contributed by atoms with E-state index in [9.17, 15) is 18.0 Å². The smallest absolute Gasteiger partial charge is 0.385 e. The normalized spacial score (nSPS) is 16.0. The van der Waals surface area contributed by atoms with E-state index in [0.717, 1.165) is 31.4 Å². The van der Waals surface area contributed by atoms with Crippen LogP contribution >= 0.6 is 12.4 Å². The van der Waals surface area contributed by atoms with Gasteiger partial charge in [-0.15, -0.1) is 12.4 Å². The van der Waals surface area contributed by atoms with Gasteiger partial charge in [-0.1, -0.05) is 6.42 Å². The average Bonchev–Trinajstić information content (AvgIpc) is 2.45. The van der Waals surface area contributed by atoms with Crippen LogP contribution in [0.1, 0.15) is 36.8 Å². The Kier molecular flexibility index (Phi) is 7.07. The number of benzene rings is 1. The van der Waals surface area contributed by atoms with Crippen LogP contribution in [0.4, 0.5) is 18.9 Å². The van der Waals surface area contributed by atoms with Crippen LogP contribution in [0, 0.1) is 5.41 Å². The zero-order chi connectivity index (χ0) is 17.1. The van der Waals surface area contributed by atoms with E-state index in [1.54, 1.807) is 7.11 Å². The van der Waals surface area contributed by atoms with Gasteiger partial charge in [0.2, 0.25) is 5.91 Å². The van der Waals surface area contributed by atoms with Crippen LogP contribution in [0.2, 0.25) is 0 Å². The van der Waals surface area contributed by atoms with Crippen LogP contribution in [0.25, 0.3) is 0 Å². The average molecular weight is 367 g/mol. The molecule has 0 radical (unpaired) electrons. The third kappa shape index (κ3) is 4.62. The molecule has 1 amide bonds. The molecule has 4 nitrogen and oxygen atoms in total. The Hall–Kier alpha value is -1.31. The molecule has 0 bridgehead atoms. The van der Waals surface area contributed by atoms with Gasteiger partial charge in [0.15, 0.2) is 0 Å². The summed E-state index contributed by atoms with van der Waals surface area (Å²) in [6, 6.07) is 3.43. The highest BCUT2D eigenvalue weighted by molar-refractivity contribution is 5.96. The third-order valence-corrected chi connectivity index (χ3v) is 4.39. The molecule has 2 rings (SSSR count). The Morgan fingerprint density at radius 2 is 2.00 bits per heavy atom. The number of rotatable bonds is 6. The number of hydrogen-bond donors (Lipinski definition) is 2. The Labute approximate surface area is 145 Å². The van der Waals surface area contributed by atoms with Crippen LogP contribution in [-0.2, 0) is 22.3 Å². The lowest BCUT2D eigenvalue weighted by Crippen LogP contribution is -2.42. The fourth-order valence-electron chi connectivity index (χ4n) is 2.80. The van der Waals surface area contributed by atoms with Crippen molar-refractivity contribution in [3.63, 3.8) is 0 Å². The van der Waals surface area contributed by atoms with E-state index in [4.69, 9.17) is 10.5 Å². The Morgan fingerprint density at radius 3 is 2.46 bits per heavy atom. The first-order valence-electron chi connectivity index (χ1n) is 7.52. The first-order chi connectivity index (χ1) is 10.8. The van der Waals surface area contributed by atoms with Crippen LogP contribution in [0.5, 0.6) is 0 Å². The molecule has 24 heavy (non-hydrogen) atoms. The van der Waals surface area contributed by atoms with Gasteiger partial charge in [0.05, 0.1) is 11.0 Å². The van der Waals surface area contributed by atoms with Gasteiger partial charge >= 0.3 is 6.18 Å². The molecule has 0 unspecified atom stereocenters. The molecular weight excluding hydrogens is 345 g/mol. The van der Waals surface area contributed by atoms with Gasteiger partial charge < -0.3 is 15.8 Å². The van der Waals surface area contributed by atoms with Crippen molar-refractivity contribution in [2.45, 2.75) is 38.4 Å². The van der Waals surface area contributed by atoms with E-state index in [2.05, 4.69) is 5.32 Å². The van der Waals surface area contributed by atoms with Gasteiger partial charge in [0.1, 0.15) is 0 Å². The Bertz CT molecular complexity index is 575. The summed E-state index contributed by atoms with van der Waals surface area (Å²) in [6.07, 6.45) is -1.52. The molecule has 8 heteroatoms. The largest absolute Gasteiger partial charge is 0.416 e. The summed E-state index contributed by atoms with van der Waals surface area (Å²) in [7, 11) is 1.56. The van der Waals surface area contributed by atoms with Crippen LogP contribution < -0.4 is 11.1 Å². The van der Waals surface area contributed by atoms with Crippen molar-refractivity contribution in [3.8, 4) is 0 Å². The van der Waals surface area contributed by atoms with E-state index in [0.29, 0.717) is 18.6 Å². The Morgan fingerprint density at radius 1 is 1.33 bits per heavy atom. The third-order valence-electron chi connectivity index (χ3n) is 4.39. The van der Waals surface area contributed by atoms with Crippen molar-refractivity contribution in [3.05, 3.63) is 29.3 Å². The maximum absolute atomic E-state index is 12.9. The fourth-order valence-corrected chi connectivity index (χ4v) is 2.80. The van der Waals surface area contributed by atoms with Gasteiger partial charge in [-0.05, 0) is 43.0 Å². The summed E-state index contributed by atoms with van der Waals surface area (Å²) in [5, 5.41) is 2.63. The van der Waals surface area contributed by atoms with Crippen molar-refractivity contribution in [1.82, 2.24) is 0 Å². The fraction of sp³-hybridized carbons (Fsp3) is 0.562. The monoisotopic (exact) mass is 366 g/mol. The topological polar surface area (TPSA) is 64.3 Å². The van der Waals surface area contributed by atoms with E-state index in [1.165, 1.54) is 6.07 Å². The van der Waals surface area contributed by atoms with E-state index < -0.39 is 17.2 Å². The molecule has 0 aromatic heterocycles. The predicted octanol–water partition coefficient (Wildman–Crippen LogP) is 3.73. The minimum Gasteiger partial charge on any atom is -0.385 e. The van der Waals surface area contributed by atoms with Crippen molar-refractivity contribution in [2.75, 3.05) is 19.0 Å². The van der Waals surface area contributed by atoms with Crippen LogP contribution in [0.3, 0.4) is 0 Å². The first-order valence-corrected chi connectivity index (χ1v) is 7.52. The molecular formula is C16H22ClF3N2O2. The highest BCUT2D eigenvalue weighted by Gasteiger charge is 2.43. The summed E-state index contributed by atoms with van der Waals surface area (Å²) in [5.41, 5.74) is 4.57. The summed E-state index contributed by atoms with van der Waals surface area (Å²) < 4.78 is 43.8. The van der Waals surface area contributed by atoms with Crippen molar-refractivity contribution in [1.29, 1.82) is 0 Å². The summed E-state index contributed by atoms with van der Waals surface area (Å²) in [5.74, 6) is -0.247. The minimum absolute atomic E-state index is 0. The van der Waals surface area contributed by atoms with Gasteiger partial charge in [-0.25, -0.2) is 0 Å². The number of amides is 1. The molecule has 1 aromatic rings. The van der Waals surface area contributed by atoms with Crippen LogP contribution in [0.15, 0.2) is 18.2 Å². The van der Waals surface area contributed by atoms with Gasteiger partial charge in [-0.2, -0.15) is 13.2 Å². The predicted molar refractivity (Wildman–Crippen MR) is 88.0 cm³/mol. The molecule has 1 aliphatic carbocycles. The molecule has 3 N–H and O–H groups in total. The van der Waals surface area contributed by atoms with Gasteiger partial charge in [0, 0.05) is 25.9 Å². The molecule has 0 aliphatic heterocycles. The molecule has 0 heterocycles. The van der Waals surface area contributed by atoms with Gasteiger partial charge in [-0.3, -0.25) is 4.79 Å². The standard InChI is InChI=1S/C16H21F3N2O2.ClH/c1-23-6-5-15(3-2-4-15)14(22)21-13-8-11(10-20)7-12(9-13)16(17,18)19;/h7-9H,2-6,10,20H2,1H3,(H,21,22);1H. The number of anilines is 1. The summed E-state index contributed by atoms with van der Waals surface area (Å²) in [6.45, 7) is 0.422. The molecule has 1 aliphatic rings. The number of carbonyl (C=O) groups excluding carboxylic acids is 1. The molecule has 1 fully saturated rings. The second kappa shape index (κ2) is 8.18. The number of alkyl halides is 3. The second-order valence-electron chi connectivity index (χ2n) is 5.95.